The van der Waals surface area contributed by atoms with Crippen LogP contribution in [0.5, 0.6) is 5.75 Å². The van der Waals surface area contributed by atoms with Crippen molar-refractivity contribution in [3.05, 3.63) is 65.2 Å². The third-order valence-corrected chi connectivity index (χ3v) is 8.02. The minimum atomic E-state index is -0.627. The standard InChI is InChI=1S/C30H38N4O5/c1-21-5-7-22(8-6-21)29(36)34-19-24(18-27(34)30(37)32-15-13-31-14-16-32)33(20-26-4-3-17-39-26)28(35)23-9-11-25(38-2)12-10-23/h5-12,24,26-27,31H,3-4,13-20H2,1-2H3. The highest BCUT2D eigenvalue weighted by atomic mass is 16.5. The van der Waals surface area contributed by atoms with E-state index in [0.29, 0.717) is 56.1 Å². The number of carbonyl (C=O) groups excluding carboxylic acids is 3. The van der Waals surface area contributed by atoms with Crippen LogP contribution in [0.25, 0.3) is 0 Å². The molecule has 3 amide bonds. The van der Waals surface area contributed by atoms with Crippen molar-refractivity contribution < 1.29 is 23.9 Å². The molecule has 5 rings (SSSR count). The highest BCUT2D eigenvalue weighted by Crippen LogP contribution is 2.29. The second kappa shape index (κ2) is 12.2. The zero-order chi connectivity index (χ0) is 27.4. The predicted molar refractivity (Wildman–Crippen MR) is 147 cm³/mol. The monoisotopic (exact) mass is 534 g/mol. The summed E-state index contributed by atoms with van der Waals surface area (Å²) in [4.78, 5) is 46.8. The Hall–Kier alpha value is -3.43. The summed E-state index contributed by atoms with van der Waals surface area (Å²) in [7, 11) is 1.59. The molecule has 0 spiro atoms. The largest absolute Gasteiger partial charge is 0.497 e. The van der Waals surface area contributed by atoms with Gasteiger partial charge < -0.3 is 29.5 Å². The SMILES string of the molecule is COc1ccc(C(=O)N(CC2CCCO2)C2CC(C(=O)N3CCNCC3)N(C(=O)c3ccc(C)cc3)C2)cc1. The molecule has 3 aliphatic rings. The van der Waals surface area contributed by atoms with E-state index in [2.05, 4.69) is 5.32 Å². The lowest BCUT2D eigenvalue weighted by Gasteiger charge is -2.32. The van der Waals surface area contributed by atoms with Crippen molar-refractivity contribution in [3.63, 3.8) is 0 Å². The molecule has 3 unspecified atom stereocenters. The van der Waals surface area contributed by atoms with Crippen molar-refractivity contribution in [2.24, 2.45) is 0 Å². The van der Waals surface area contributed by atoms with Gasteiger partial charge in [0, 0.05) is 57.0 Å². The third kappa shape index (κ3) is 6.09. The molecular formula is C30H38N4O5. The topological polar surface area (TPSA) is 91.4 Å². The summed E-state index contributed by atoms with van der Waals surface area (Å²) in [6.45, 7) is 6.06. The average molecular weight is 535 g/mol. The van der Waals surface area contributed by atoms with Crippen molar-refractivity contribution in [1.82, 2.24) is 20.0 Å². The Kier molecular flexibility index (Phi) is 8.47. The molecule has 0 radical (unpaired) electrons. The van der Waals surface area contributed by atoms with Crippen molar-refractivity contribution in [1.29, 1.82) is 0 Å². The molecule has 2 aromatic rings. The van der Waals surface area contributed by atoms with Gasteiger partial charge in [-0.2, -0.15) is 0 Å². The predicted octanol–water partition coefficient (Wildman–Crippen LogP) is 2.34. The van der Waals surface area contributed by atoms with E-state index in [4.69, 9.17) is 9.47 Å². The van der Waals surface area contributed by atoms with Gasteiger partial charge >= 0.3 is 0 Å². The number of hydrogen-bond donors (Lipinski definition) is 1. The summed E-state index contributed by atoms with van der Waals surface area (Å²) in [5.41, 5.74) is 2.15. The maximum atomic E-state index is 13.9. The fourth-order valence-electron chi connectivity index (χ4n) is 5.76. The van der Waals surface area contributed by atoms with Crippen LogP contribution in [0.1, 0.15) is 45.5 Å². The minimum Gasteiger partial charge on any atom is -0.497 e. The van der Waals surface area contributed by atoms with Gasteiger partial charge in [-0.3, -0.25) is 14.4 Å². The number of ether oxygens (including phenoxy) is 2. The van der Waals surface area contributed by atoms with E-state index in [1.807, 2.05) is 41.0 Å². The lowest BCUT2D eigenvalue weighted by Crippen LogP contribution is -2.53. The van der Waals surface area contributed by atoms with E-state index in [9.17, 15) is 14.4 Å². The van der Waals surface area contributed by atoms with E-state index in [1.54, 1.807) is 36.3 Å². The maximum Gasteiger partial charge on any atom is 0.254 e. The van der Waals surface area contributed by atoms with Gasteiger partial charge in [0.15, 0.2) is 0 Å². The quantitative estimate of drug-likeness (QED) is 0.587. The molecule has 0 aliphatic carbocycles. The number of amides is 3. The molecule has 0 aromatic heterocycles. The van der Waals surface area contributed by atoms with E-state index >= 15 is 0 Å². The number of benzene rings is 2. The Labute approximate surface area is 230 Å². The lowest BCUT2D eigenvalue weighted by molar-refractivity contribution is -0.135. The highest BCUT2D eigenvalue weighted by Gasteiger charge is 2.45. The summed E-state index contributed by atoms with van der Waals surface area (Å²) < 4.78 is 11.2. The lowest BCUT2D eigenvalue weighted by atomic mass is 10.1. The molecule has 0 saturated carbocycles. The van der Waals surface area contributed by atoms with Gasteiger partial charge in [0.25, 0.3) is 11.8 Å². The number of aryl methyl sites for hydroxylation is 1. The number of likely N-dealkylation sites (tertiary alicyclic amines) is 1. The van der Waals surface area contributed by atoms with Crippen LogP contribution in [0.2, 0.25) is 0 Å². The first-order chi connectivity index (χ1) is 18.9. The second-order valence-electron chi connectivity index (χ2n) is 10.6. The Morgan fingerprint density at radius 2 is 1.72 bits per heavy atom. The first-order valence-corrected chi connectivity index (χ1v) is 13.9. The molecule has 3 aliphatic heterocycles. The first-order valence-electron chi connectivity index (χ1n) is 13.9. The molecule has 1 N–H and O–H groups in total. The van der Waals surface area contributed by atoms with Gasteiger partial charge in [-0.1, -0.05) is 17.7 Å². The number of hydrogen-bond acceptors (Lipinski definition) is 6. The molecule has 3 fully saturated rings. The van der Waals surface area contributed by atoms with Gasteiger partial charge in [-0.05, 0) is 62.6 Å². The number of rotatable bonds is 7. The number of nitrogens with zero attached hydrogens (tertiary/aromatic N) is 3. The van der Waals surface area contributed by atoms with Gasteiger partial charge in [0.2, 0.25) is 5.91 Å². The van der Waals surface area contributed by atoms with Crippen LogP contribution < -0.4 is 10.1 Å². The fourth-order valence-corrected chi connectivity index (χ4v) is 5.76. The van der Waals surface area contributed by atoms with Gasteiger partial charge in [0.05, 0.1) is 19.3 Å². The summed E-state index contributed by atoms with van der Waals surface area (Å²) in [6.07, 6.45) is 2.18. The smallest absolute Gasteiger partial charge is 0.254 e. The van der Waals surface area contributed by atoms with Crippen LogP contribution in [-0.4, -0.2) is 104 Å². The Morgan fingerprint density at radius 1 is 1.03 bits per heavy atom. The summed E-state index contributed by atoms with van der Waals surface area (Å²) in [6, 6.07) is 13.6. The van der Waals surface area contributed by atoms with Crippen LogP contribution >= 0.6 is 0 Å². The van der Waals surface area contributed by atoms with Crippen LogP contribution in [0.3, 0.4) is 0 Å². The number of methoxy groups -OCH3 is 1. The minimum absolute atomic E-state index is 0.0478. The molecule has 3 atom stereocenters. The molecule has 3 saturated heterocycles. The second-order valence-corrected chi connectivity index (χ2v) is 10.6. The highest BCUT2D eigenvalue weighted by molar-refractivity contribution is 5.99. The molecule has 9 heteroatoms. The van der Waals surface area contributed by atoms with E-state index < -0.39 is 6.04 Å². The molecule has 2 aromatic carbocycles. The van der Waals surface area contributed by atoms with Crippen molar-refractivity contribution in [2.45, 2.75) is 44.4 Å². The number of carbonyl (C=O) groups is 3. The molecular weight excluding hydrogens is 496 g/mol. The molecule has 0 bridgehead atoms. The van der Waals surface area contributed by atoms with Crippen molar-refractivity contribution in [2.75, 3.05) is 53.0 Å². The Morgan fingerprint density at radius 3 is 2.36 bits per heavy atom. The normalized spacial score (nSPS) is 23.1. The van der Waals surface area contributed by atoms with E-state index in [-0.39, 0.29) is 29.9 Å². The average Bonchev–Trinajstić information content (AvgIpc) is 3.66. The third-order valence-electron chi connectivity index (χ3n) is 8.02. The van der Waals surface area contributed by atoms with E-state index in [1.165, 1.54) is 0 Å². The number of nitrogens with one attached hydrogen (secondary N) is 1. The van der Waals surface area contributed by atoms with Gasteiger partial charge in [0.1, 0.15) is 11.8 Å². The molecule has 3 heterocycles. The number of piperazine rings is 1. The Bertz CT molecular complexity index is 1160. The van der Waals surface area contributed by atoms with Crippen LogP contribution in [0, 0.1) is 6.92 Å². The van der Waals surface area contributed by atoms with Crippen LogP contribution in [-0.2, 0) is 9.53 Å². The fraction of sp³-hybridized carbons (Fsp3) is 0.500. The summed E-state index contributed by atoms with van der Waals surface area (Å²) >= 11 is 0. The van der Waals surface area contributed by atoms with Crippen LogP contribution in [0.4, 0.5) is 0 Å². The molecule has 208 valence electrons. The zero-order valence-electron chi connectivity index (χ0n) is 22.8. The summed E-state index contributed by atoms with van der Waals surface area (Å²) in [5, 5.41) is 3.28. The molecule has 9 nitrogen and oxygen atoms in total. The van der Waals surface area contributed by atoms with Gasteiger partial charge in [-0.15, -0.1) is 0 Å². The van der Waals surface area contributed by atoms with Crippen LogP contribution in [0.15, 0.2) is 48.5 Å². The Balaban J connectivity index is 1.44. The van der Waals surface area contributed by atoms with E-state index in [0.717, 1.165) is 31.5 Å². The first kappa shape index (κ1) is 27.1. The molecule has 39 heavy (non-hydrogen) atoms. The summed E-state index contributed by atoms with van der Waals surface area (Å²) in [5.74, 6) is 0.319. The van der Waals surface area contributed by atoms with Gasteiger partial charge in [-0.25, -0.2) is 0 Å². The van der Waals surface area contributed by atoms with Crippen molar-refractivity contribution in [3.8, 4) is 5.75 Å². The zero-order valence-corrected chi connectivity index (χ0v) is 22.8. The maximum absolute atomic E-state index is 13.9. The van der Waals surface area contributed by atoms with Crippen molar-refractivity contribution >= 4 is 17.7 Å².